The Morgan fingerprint density at radius 1 is 1.21 bits per heavy atom. The second kappa shape index (κ2) is 11.5. The van der Waals surface area contributed by atoms with Gasteiger partial charge in [0.2, 0.25) is 5.91 Å². The minimum atomic E-state index is -1.10. The van der Waals surface area contributed by atoms with E-state index in [2.05, 4.69) is 42.6 Å². The van der Waals surface area contributed by atoms with E-state index in [-0.39, 0.29) is 12.1 Å². The van der Waals surface area contributed by atoms with E-state index in [4.69, 9.17) is 4.74 Å². The number of carbonyl (C=O) groups is 1. The molecule has 0 radical (unpaired) electrons. The Morgan fingerprint density at radius 2 is 2.11 bits per heavy atom. The Bertz CT molecular complexity index is 1430. The fourth-order valence-electron chi connectivity index (χ4n) is 4.61. The molecule has 3 heterocycles. The van der Waals surface area contributed by atoms with Crippen LogP contribution in [0, 0.1) is 11.6 Å². The molecule has 1 amide bonds. The van der Waals surface area contributed by atoms with Crippen LogP contribution in [-0.2, 0) is 11.2 Å². The molecule has 5 rings (SSSR count). The van der Waals surface area contributed by atoms with Crippen molar-refractivity contribution in [3.8, 4) is 5.75 Å². The molecule has 1 atom stereocenters. The number of aromatic nitrogens is 4. The number of H-pyrrole nitrogens is 1. The first-order chi connectivity index (χ1) is 18.5. The summed E-state index contributed by atoms with van der Waals surface area (Å²) in [6.45, 7) is 5.13. The Kier molecular flexibility index (Phi) is 7.73. The number of hydrogen-bond donors (Lipinski definition) is 3. The standard InChI is InChI=1S/C27H29F2N7O2/c1-17-5-3-10-36(17)11-4-12-38-19-8-9-20-23(15-19)30-16-31-27(20)33-24-13-18(34-35-24)14-25(37)32-22-7-2-6-21(28)26(22)29/h2,6-9,13,15-17H,3-5,10-12,14H2,1H3,(H,32,37)(H2,30,31,33,34,35)/t17-/m0/s1. The molecule has 0 saturated carbocycles. The SMILES string of the molecule is C[C@H]1CCCN1CCCOc1ccc2c(Nc3cc(CC(=O)Nc4cccc(F)c4F)[nH]n3)ncnc2c1. The van der Waals surface area contributed by atoms with Crippen LogP contribution < -0.4 is 15.4 Å². The average molecular weight is 522 g/mol. The number of ether oxygens (including phenoxy) is 1. The third kappa shape index (κ3) is 6.05. The summed E-state index contributed by atoms with van der Waals surface area (Å²) in [5, 5.41) is 13.2. The first-order valence-corrected chi connectivity index (χ1v) is 12.6. The highest BCUT2D eigenvalue weighted by Gasteiger charge is 2.19. The molecule has 1 fully saturated rings. The molecule has 1 aliphatic heterocycles. The summed E-state index contributed by atoms with van der Waals surface area (Å²) < 4.78 is 33.1. The summed E-state index contributed by atoms with van der Waals surface area (Å²) in [6.07, 6.45) is 4.86. The van der Waals surface area contributed by atoms with Gasteiger partial charge in [0.05, 0.1) is 24.2 Å². The first-order valence-electron chi connectivity index (χ1n) is 12.6. The van der Waals surface area contributed by atoms with Crippen LogP contribution in [0.4, 0.5) is 26.1 Å². The highest BCUT2D eigenvalue weighted by molar-refractivity contribution is 5.93. The number of carbonyl (C=O) groups excluding carboxylic acids is 1. The van der Waals surface area contributed by atoms with Crippen LogP contribution in [-0.4, -0.2) is 56.7 Å². The second-order valence-electron chi connectivity index (χ2n) is 9.36. The molecule has 1 saturated heterocycles. The van der Waals surface area contributed by atoms with Gasteiger partial charge < -0.3 is 20.3 Å². The second-order valence-corrected chi connectivity index (χ2v) is 9.36. The molecular weight excluding hydrogens is 492 g/mol. The van der Waals surface area contributed by atoms with Gasteiger partial charge in [-0.05, 0) is 57.0 Å². The summed E-state index contributed by atoms with van der Waals surface area (Å²) in [6, 6.07) is 11.6. The number of benzene rings is 2. The van der Waals surface area contributed by atoms with Gasteiger partial charge in [0.15, 0.2) is 17.5 Å². The first kappa shape index (κ1) is 25.5. The van der Waals surface area contributed by atoms with Gasteiger partial charge in [-0.1, -0.05) is 6.07 Å². The van der Waals surface area contributed by atoms with E-state index in [0.29, 0.717) is 30.0 Å². The molecule has 2 aromatic carbocycles. The number of rotatable bonds is 10. The summed E-state index contributed by atoms with van der Waals surface area (Å²) in [5.74, 6) is -0.901. The van der Waals surface area contributed by atoms with Gasteiger partial charge in [-0.2, -0.15) is 5.10 Å². The van der Waals surface area contributed by atoms with Gasteiger partial charge >= 0.3 is 0 Å². The van der Waals surface area contributed by atoms with Gasteiger partial charge in [-0.3, -0.25) is 9.89 Å². The van der Waals surface area contributed by atoms with Crippen LogP contribution in [0.5, 0.6) is 5.75 Å². The zero-order valence-electron chi connectivity index (χ0n) is 21.0. The van der Waals surface area contributed by atoms with E-state index in [1.54, 1.807) is 6.07 Å². The fraction of sp³-hybridized carbons (Fsp3) is 0.333. The van der Waals surface area contributed by atoms with Crippen molar-refractivity contribution in [2.45, 2.75) is 38.6 Å². The highest BCUT2D eigenvalue weighted by atomic mass is 19.2. The molecule has 0 unspecified atom stereocenters. The van der Waals surface area contributed by atoms with E-state index in [0.717, 1.165) is 35.7 Å². The third-order valence-corrected chi connectivity index (χ3v) is 6.61. The number of halogens is 2. The maximum absolute atomic E-state index is 13.8. The molecule has 11 heteroatoms. The lowest BCUT2D eigenvalue weighted by Crippen LogP contribution is -2.28. The lowest BCUT2D eigenvalue weighted by atomic mass is 10.2. The molecule has 0 spiro atoms. The number of nitrogens with one attached hydrogen (secondary N) is 3. The van der Waals surface area contributed by atoms with Crippen LogP contribution in [0.1, 0.15) is 31.9 Å². The number of aromatic amines is 1. The normalized spacial score (nSPS) is 15.6. The Balaban J connectivity index is 1.17. The number of amides is 1. The number of hydrogen-bond acceptors (Lipinski definition) is 7. The molecule has 0 bridgehead atoms. The van der Waals surface area contributed by atoms with Gasteiger partial charge in [-0.25, -0.2) is 18.7 Å². The zero-order valence-corrected chi connectivity index (χ0v) is 21.0. The minimum Gasteiger partial charge on any atom is -0.493 e. The maximum atomic E-state index is 13.8. The van der Waals surface area contributed by atoms with Crippen LogP contribution in [0.15, 0.2) is 48.8 Å². The van der Waals surface area contributed by atoms with Crippen molar-refractivity contribution in [1.82, 2.24) is 25.1 Å². The molecule has 198 valence electrons. The number of anilines is 3. The zero-order chi connectivity index (χ0) is 26.5. The Hall–Kier alpha value is -4.12. The van der Waals surface area contributed by atoms with E-state index in [1.165, 1.54) is 37.8 Å². The molecule has 1 aliphatic rings. The predicted molar refractivity (Wildman–Crippen MR) is 140 cm³/mol. The summed E-state index contributed by atoms with van der Waals surface area (Å²) in [5.41, 5.74) is 0.990. The van der Waals surface area contributed by atoms with Crippen LogP contribution >= 0.6 is 0 Å². The van der Waals surface area contributed by atoms with Crippen LogP contribution in [0.3, 0.4) is 0 Å². The summed E-state index contributed by atoms with van der Waals surface area (Å²) in [4.78, 5) is 23.5. The number of fused-ring (bicyclic) bond motifs is 1. The molecule has 9 nitrogen and oxygen atoms in total. The molecule has 3 N–H and O–H groups in total. The number of likely N-dealkylation sites (tertiary alicyclic amines) is 1. The Morgan fingerprint density at radius 3 is 2.95 bits per heavy atom. The molecule has 0 aliphatic carbocycles. The van der Waals surface area contributed by atoms with Crippen molar-refractivity contribution in [3.05, 3.63) is 66.1 Å². The van der Waals surface area contributed by atoms with Crippen molar-refractivity contribution in [1.29, 1.82) is 0 Å². The average Bonchev–Trinajstić information content (AvgIpc) is 3.52. The van der Waals surface area contributed by atoms with Gasteiger partial charge in [-0.15, -0.1) is 0 Å². The molecule has 2 aromatic heterocycles. The fourth-order valence-corrected chi connectivity index (χ4v) is 4.61. The predicted octanol–water partition coefficient (Wildman–Crippen LogP) is 4.81. The maximum Gasteiger partial charge on any atom is 0.230 e. The monoisotopic (exact) mass is 521 g/mol. The van der Waals surface area contributed by atoms with E-state index >= 15 is 0 Å². The quantitative estimate of drug-likeness (QED) is 0.257. The Labute approximate surface area is 218 Å². The lowest BCUT2D eigenvalue weighted by Gasteiger charge is -2.20. The summed E-state index contributed by atoms with van der Waals surface area (Å²) in [7, 11) is 0. The van der Waals surface area contributed by atoms with Gasteiger partial charge in [0.1, 0.15) is 17.9 Å². The smallest absolute Gasteiger partial charge is 0.230 e. The molecular formula is C27H29F2N7O2. The topological polar surface area (TPSA) is 108 Å². The van der Waals surface area contributed by atoms with E-state index in [1.807, 2.05) is 18.2 Å². The van der Waals surface area contributed by atoms with Crippen molar-refractivity contribution in [2.75, 3.05) is 30.3 Å². The highest BCUT2D eigenvalue weighted by Crippen LogP contribution is 2.26. The van der Waals surface area contributed by atoms with E-state index in [9.17, 15) is 13.6 Å². The van der Waals surface area contributed by atoms with Crippen molar-refractivity contribution in [2.24, 2.45) is 0 Å². The molecule has 38 heavy (non-hydrogen) atoms. The number of nitrogens with zero attached hydrogens (tertiary/aromatic N) is 4. The van der Waals surface area contributed by atoms with Crippen LogP contribution in [0.2, 0.25) is 0 Å². The lowest BCUT2D eigenvalue weighted by molar-refractivity contribution is -0.115. The van der Waals surface area contributed by atoms with Gasteiger partial charge in [0.25, 0.3) is 0 Å². The minimum absolute atomic E-state index is 0.105. The summed E-state index contributed by atoms with van der Waals surface area (Å²) >= 11 is 0. The molecule has 4 aromatic rings. The third-order valence-electron chi connectivity index (χ3n) is 6.61. The van der Waals surface area contributed by atoms with Gasteiger partial charge in [0, 0.05) is 35.8 Å². The van der Waals surface area contributed by atoms with Crippen LogP contribution in [0.25, 0.3) is 10.9 Å². The van der Waals surface area contributed by atoms with Crippen molar-refractivity contribution < 1.29 is 18.3 Å². The van der Waals surface area contributed by atoms with E-state index < -0.39 is 17.5 Å². The van der Waals surface area contributed by atoms with Crippen molar-refractivity contribution in [3.63, 3.8) is 0 Å². The van der Waals surface area contributed by atoms with Crippen molar-refractivity contribution >= 4 is 34.1 Å². The largest absolute Gasteiger partial charge is 0.493 e.